The van der Waals surface area contributed by atoms with E-state index < -0.39 is 0 Å². The van der Waals surface area contributed by atoms with Crippen LogP contribution in [0.3, 0.4) is 0 Å². The molecule has 0 aliphatic heterocycles. The molecule has 0 saturated heterocycles. The number of amides is 3. The number of carbonyl (C=O) groups is 2. The highest BCUT2D eigenvalue weighted by molar-refractivity contribution is 5.84. The Bertz CT molecular complexity index is 869. The molecule has 1 aromatic carbocycles. The van der Waals surface area contributed by atoms with Crippen molar-refractivity contribution in [3.8, 4) is 0 Å². The molecular formula is C25H34N4O2. The maximum atomic E-state index is 13.4. The summed E-state index contributed by atoms with van der Waals surface area (Å²) in [6, 6.07) is 14.5. The van der Waals surface area contributed by atoms with Gasteiger partial charge in [-0.15, -0.1) is 0 Å². The first-order valence-electron chi connectivity index (χ1n) is 11.6. The normalized spacial score (nSPS) is 16.7. The quantitative estimate of drug-likeness (QED) is 0.697. The maximum absolute atomic E-state index is 13.4. The van der Waals surface area contributed by atoms with E-state index in [2.05, 4.69) is 5.32 Å². The van der Waals surface area contributed by atoms with E-state index in [4.69, 9.17) is 0 Å². The third-order valence-corrected chi connectivity index (χ3v) is 6.46. The molecule has 3 amide bonds. The second-order valence-corrected chi connectivity index (χ2v) is 8.99. The van der Waals surface area contributed by atoms with Crippen molar-refractivity contribution in [2.45, 2.75) is 70.1 Å². The number of rotatable bonds is 8. The number of nitrogens with zero attached hydrogens (tertiary/aromatic N) is 3. The lowest BCUT2D eigenvalue weighted by Crippen LogP contribution is -2.50. The van der Waals surface area contributed by atoms with Crippen molar-refractivity contribution in [1.82, 2.24) is 19.7 Å². The van der Waals surface area contributed by atoms with Crippen LogP contribution in [0.5, 0.6) is 0 Å². The Hall–Kier alpha value is -2.76. The first kappa shape index (κ1) is 21.5. The van der Waals surface area contributed by atoms with Gasteiger partial charge in [-0.1, -0.05) is 49.6 Å². The van der Waals surface area contributed by atoms with Gasteiger partial charge >= 0.3 is 6.03 Å². The zero-order chi connectivity index (χ0) is 21.6. The molecule has 6 heteroatoms. The number of aryl methyl sites for hydroxylation is 1. The molecule has 0 spiro atoms. The number of urea groups is 1. The van der Waals surface area contributed by atoms with Gasteiger partial charge < -0.3 is 19.7 Å². The van der Waals surface area contributed by atoms with Crippen molar-refractivity contribution >= 4 is 11.9 Å². The number of carbonyl (C=O) groups excluding carboxylic acids is 2. The van der Waals surface area contributed by atoms with Crippen LogP contribution in [0.25, 0.3) is 0 Å². The van der Waals surface area contributed by atoms with E-state index >= 15 is 0 Å². The Balaban J connectivity index is 1.45. The van der Waals surface area contributed by atoms with Gasteiger partial charge in [0.1, 0.15) is 6.54 Å². The van der Waals surface area contributed by atoms with Crippen molar-refractivity contribution in [3.63, 3.8) is 0 Å². The third-order valence-electron chi connectivity index (χ3n) is 6.46. The van der Waals surface area contributed by atoms with Crippen LogP contribution in [0.2, 0.25) is 0 Å². The van der Waals surface area contributed by atoms with Crippen molar-refractivity contribution in [3.05, 3.63) is 59.9 Å². The van der Waals surface area contributed by atoms with Gasteiger partial charge in [-0.05, 0) is 43.4 Å². The first-order valence-corrected chi connectivity index (χ1v) is 11.6. The highest BCUT2D eigenvalue weighted by Gasteiger charge is 2.35. The van der Waals surface area contributed by atoms with Gasteiger partial charge in [0.2, 0.25) is 5.91 Å². The van der Waals surface area contributed by atoms with Crippen LogP contribution in [0.1, 0.15) is 56.2 Å². The van der Waals surface area contributed by atoms with Gasteiger partial charge in [-0.2, -0.15) is 0 Å². The Morgan fingerprint density at radius 3 is 2.35 bits per heavy atom. The average molecular weight is 423 g/mol. The molecule has 2 fully saturated rings. The molecule has 6 nitrogen and oxygen atoms in total. The Morgan fingerprint density at radius 1 is 0.968 bits per heavy atom. The van der Waals surface area contributed by atoms with E-state index in [9.17, 15) is 9.59 Å². The van der Waals surface area contributed by atoms with Crippen LogP contribution in [-0.4, -0.2) is 44.9 Å². The number of benzene rings is 1. The molecule has 2 aliphatic carbocycles. The second-order valence-electron chi connectivity index (χ2n) is 8.99. The summed E-state index contributed by atoms with van der Waals surface area (Å²) >= 11 is 0. The number of hydrogen-bond acceptors (Lipinski definition) is 2. The molecule has 0 radical (unpaired) electrons. The molecule has 4 rings (SSSR count). The molecule has 2 saturated carbocycles. The predicted molar refractivity (Wildman–Crippen MR) is 121 cm³/mol. The smallest absolute Gasteiger partial charge is 0.318 e. The lowest BCUT2D eigenvalue weighted by molar-refractivity contribution is -0.133. The average Bonchev–Trinajstić information content (AvgIpc) is 3.55. The van der Waals surface area contributed by atoms with E-state index in [1.54, 1.807) is 4.90 Å². The van der Waals surface area contributed by atoms with Crippen LogP contribution in [-0.2, 0) is 24.9 Å². The van der Waals surface area contributed by atoms with Crippen molar-refractivity contribution < 1.29 is 9.59 Å². The Labute approximate surface area is 185 Å². The standard InChI is InChI=1S/C25H34N4O2/c1-27-16-8-13-23(27)18-28(17-20-9-4-2-5-10-20)24(30)19-29(22-14-15-22)25(31)26-21-11-6-3-7-12-21/h2,4-5,8-10,13,16,21-22H,3,6-7,11-12,14-15,17-19H2,1H3,(H,26,31). The van der Waals surface area contributed by atoms with Crippen LogP contribution in [0, 0.1) is 0 Å². The molecule has 2 aromatic rings. The second kappa shape index (κ2) is 10.0. The van der Waals surface area contributed by atoms with Crippen LogP contribution in [0.15, 0.2) is 48.7 Å². The van der Waals surface area contributed by atoms with E-state index in [-0.39, 0.29) is 30.6 Å². The van der Waals surface area contributed by atoms with Gasteiger partial charge in [0.05, 0.1) is 6.54 Å². The fourth-order valence-corrected chi connectivity index (χ4v) is 4.40. The maximum Gasteiger partial charge on any atom is 0.318 e. The molecule has 0 bridgehead atoms. The molecule has 0 unspecified atom stereocenters. The number of aromatic nitrogens is 1. The molecule has 166 valence electrons. The Kier molecular flexibility index (Phi) is 6.95. The zero-order valence-corrected chi connectivity index (χ0v) is 18.5. The summed E-state index contributed by atoms with van der Waals surface area (Å²) in [5, 5.41) is 3.20. The summed E-state index contributed by atoms with van der Waals surface area (Å²) in [6.07, 6.45) is 9.67. The Morgan fingerprint density at radius 2 is 1.71 bits per heavy atom. The first-order chi connectivity index (χ1) is 15.1. The highest BCUT2D eigenvalue weighted by atomic mass is 16.2. The zero-order valence-electron chi connectivity index (χ0n) is 18.5. The van der Waals surface area contributed by atoms with Crippen LogP contribution >= 0.6 is 0 Å². The van der Waals surface area contributed by atoms with E-state index in [1.807, 2.05) is 65.2 Å². The summed E-state index contributed by atoms with van der Waals surface area (Å²) < 4.78 is 2.04. The van der Waals surface area contributed by atoms with Crippen molar-refractivity contribution in [2.75, 3.05) is 6.54 Å². The molecule has 31 heavy (non-hydrogen) atoms. The minimum Gasteiger partial charge on any atom is -0.353 e. The monoisotopic (exact) mass is 422 g/mol. The summed E-state index contributed by atoms with van der Waals surface area (Å²) in [5.41, 5.74) is 2.17. The predicted octanol–water partition coefficient (Wildman–Crippen LogP) is 4.06. The van der Waals surface area contributed by atoms with E-state index in [0.717, 1.165) is 36.9 Å². The highest BCUT2D eigenvalue weighted by Crippen LogP contribution is 2.28. The summed E-state index contributed by atoms with van der Waals surface area (Å²) in [4.78, 5) is 30.1. The fraction of sp³-hybridized carbons (Fsp3) is 0.520. The van der Waals surface area contributed by atoms with Crippen LogP contribution in [0.4, 0.5) is 4.79 Å². The van der Waals surface area contributed by atoms with Gasteiger partial charge in [-0.25, -0.2) is 4.79 Å². The van der Waals surface area contributed by atoms with Crippen LogP contribution < -0.4 is 5.32 Å². The van der Waals surface area contributed by atoms with Crippen molar-refractivity contribution in [2.24, 2.45) is 7.05 Å². The summed E-state index contributed by atoms with van der Waals surface area (Å²) in [7, 11) is 1.99. The van der Waals surface area contributed by atoms with Gasteiger partial charge in [0, 0.05) is 37.6 Å². The van der Waals surface area contributed by atoms with Gasteiger partial charge in [0.25, 0.3) is 0 Å². The topological polar surface area (TPSA) is 57.6 Å². The molecule has 2 aliphatic rings. The third kappa shape index (κ3) is 5.90. The minimum absolute atomic E-state index is 0.00394. The fourth-order valence-electron chi connectivity index (χ4n) is 4.40. The number of hydrogen-bond donors (Lipinski definition) is 1. The largest absolute Gasteiger partial charge is 0.353 e. The van der Waals surface area contributed by atoms with E-state index in [0.29, 0.717) is 13.1 Å². The molecule has 0 atom stereocenters. The van der Waals surface area contributed by atoms with Crippen molar-refractivity contribution in [1.29, 1.82) is 0 Å². The molecule has 1 aromatic heterocycles. The SMILES string of the molecule is Cn1cccc1CN(Cc1ccccc1)C(=O)CN(C(=O)NC1CCCCC1)C1CC1. The minimum atomic E-state index is -0.0683. The molecular weight excluding hydrogens is 388 g/mol. The summed E-state index contributed by atoms with van der Waals surface area (Å²) in [5.74, 6) is -0.00394. The summed E-state index contributed by atoms with van der Waals surface area (Å²) in [6.45, 7) is 1.20. The molecule has 1 N–H and O–H groups in total. The molecule has 1 heterocycles. The van der Waals surface area contributed by atoms with E-state index in [1.165, 1.54) is 19.3 Å². The number of nitrogens with one attached hydrogen (secondary N) is 1. The lowest BCUT2D eigenvalue weighted by atomic mass is 9.96. The van der Waals surface area contributed by atoms with Gasteiger partial charge in [0.15, 0.2) is 0 Å². The lowest BCUT2D eigenvalue weighted by Gasteiger charge is -2.30. The van der Waals surface area contributed by atoms with Gasteiger partial charge in [-0.3, -0.25) is 4.79 Å².